The smallest absolute Gasteiger partial charge is 0.264 e. The second-order valence-corrected chi connectivity index (χ2v) is 7.59. The maximum absolute atomic E-state index is 11.8. The number of amides is 1. The molecular weight excluding hydrogens is 294 g/mol. The average molecular weight is 311 g/mol. The monoisotopic (exact) mass is 311 g/mol. The van der Waals surface area contributed by atoms with Crippen molar-refractivity contribution < 1.29 is 18.4 Å². The van der Waals surface area contributed by atoms with Gasteiger partial charge < -0.3 is 0 Å². The third kappa shape index (κ3) is 2.91. The Hall–Kier alpha value is -1.93. The summed E-state index contributed by atoms with van der Waals surface area (Å²) in [5.41, 5.74) is 2.22. The summed E-state index contributed by atoms with van der Waals surface area (Å²) in [4.78, 5) is 11.7. The molecule has 0 aliphatic carbocycles. The lowest BCUT2D eigenvalue weighted by molar-refractivity contribution is -0.131. The van der Waals surface area contributed by atoms with Crippen molar-refractivity contribution in [3.8, 4) is 0 Å². The molecular formula is C13H17N3O4S. The zero-order chi connectivity index (χ0) is 15.7. The second-order valence-electron chi connectivity index (χ2n) is 5.14. The molecule has 0 fully saturated rings. The molecule has 0 bridgehead atoms. The van der Waals surface area contributed by atoms with Gasteiger partial charge >= 0.3 is 0 Å². The third-order valence-electron chi connectivity index (χ3n) is 3.68. The number of fused-ring (bicyclic) bond motifs is 1. The van der Waals surface area contributed by atoms with E-state index in [1.165, 1.54) is 12.4 Å². The van der Waals surface area contributed by atoms with Crippen LogP contribution in [0.15, 0.2) is 30.5 Å². The molecule has 0 aliphatic rings. The number of carbonyl (C=O) groups is 1. The van der Waals surface area contributed by atoms with E-state index in [2.05, 4.69) is 5.10 Å². The molecule has 2 N–H and O–H groups in total. The number of carbonyl (C=O) groups excluding carboxylic acids is 1. The molecule has 1 atom stereocenters. The highest BCUT2D eigenvalue weighted by Gasteiger charge is 2.43. The van der Waals surface area contributed by atoms with Crippen LogP contribution in [0.4, 0.5) is 0 Å². The Kier molecular flexibility index (Phi) is 4.02. The lowest BCUT2D eigenvalue weighted by Crippen LogP contribution is -2.49. The Labute approximate surface area is 122 Å². The molecule has 0 aliphatic heterocycles. The zero-order valence-electron chi connectivity index (χ0n) is 11.8. The van der Waals surface area contributed by atoms with Crippen LogP contribution in [0.1, 0.15) is 13.3 Å². The van der Waals surface area contributed by atoms with Crippen molar-refractivity contribution in [1.29, 1.82) is 0 Å². The van der Waals surface area contributed by atoms with Gasteiger partial charge in [0.05, 0.1) is 5.52 Å². The van der Waals surface area contributed by atoms with E-state index in [1.54, 1.807) is 10.9 Å². The van der Waals surface area contributed by atoms with Crippen molar-refractivity contribution in [1.82, 2.24) is 15.3 Å². The highest BCUT2D eigenvalue weighted by molar-refractivity contribution is 7.92. The summed E-state index contributed by atoms with van der Waals surface area (Å²) in [6.07, 6.45) is 2.77. The van der Waals surface area contributed by atoms with E-state index in [-0.39, 0.29) is 13.0 Å². The van der Waals surface area contributed by atoms with Gasteiger partial charge in [-0.15, -0.1) is 0 Å². The molecule has 0 spiro atoms. The number of nitrogens with zero attached hydrogens (tertiary/aromatic N) is 2. The Bertz CT molecular complexity index is 736. The summed E-state index contributed by atoms with van der Waals surface area (Å²) < 4.78 is 23.6. The SMILES string of the molecule is CC(CCn1cc2ccccc2n1)(C(=O)NO)S(C)(=O)=O. The molecule has 1 aromatic heterocycles. The number of nitrogens with one attached hydrogen (secondary N) is 1. The Morgan fingerprint density at radius 2 is 2.10 bits per heavy atom. The fourth-order valence-electron chi connectivity index (χ4n) is 2.04. The van der Waals surface area contributed by atoms with Crippen molar-refractivity contribution in [2.24, 2.45) is 0 Å². The summed E-state index contributed by atoms with van der Waals surface area (Å²) >= 11 is 0. The Morgan fingerprint density at radius 3 is 2.67 bits per heavy atom. The van der Waals surface area contributed by atoms with Crippen LogP contribution in [0.5, 0.6) is 0 Å². The minimum Gasteiger partial charge on any atom is -0.289 e. The van der Waals surface area contributed by atoms with E-state index in [0.29, 0.717) is 0 Å². The summed E-state index contributed by atoms with van der Waals surface area (Å²) in [5, 5.41) is 14.0. The van der Waals surface area contributed by atoms with Gasteiger partial charge in [-0.05, 0) is 19.4 Å². The number of aromatic nitrogens is 2. The lowest BCUT2D eigenvalue weighted by Gasteiger charge is -2.24. The summed E-state index contributed by atoms with van der Waals surface area (Å²) in [7, 11) is -3.69. The van der Waals surface area contributed by atoms with Gasteiger partial charge in [0.15, 0.2) is 14.6 Å². The van der Waals surface area contributed by atoms with Crippen LogP contribution < -0.4 is 5.48 Å². The third-order valence-corrected chi connectivity index (χ3v) is 5.71. The van der Waals surface area contributed by atoms with Gasteiger partial charge in [0.2, 0.25) is 0 Å². The summed E-state index contributed by atoms with van der Waals surface area (Å²) in [6.45, 7) is 1.53. The maximum Gasteiger partial charge on any atom is 0.264 e. The quantitative estimate of drug-likeness (QED) is 0.626. The number of sulfone groups is 1. The van der Waals surface area contributed by atoms with Crippen molar-refractivity contribution in [2.75, 3.05) is 6.26 Å². The van der Waals surface area contributed by atoms with Crippen LogP contribution in [0.25, 0.3) is 10.9 Å². The maximum atomic E-state index is 11.8. The molecule has 2 aromatic rings. The standard InChI is InChI=1S/C13H17N3O4S/c1-13(12(17)15-18,21(2,19)20)7-8-16-9-10-5-3-4-6-11(10)14-16/h3-6,9,18H,7-8H2,1-2H3,(H,15,17). The fraction of sp³-hybridized carbons (Fsp3) is 0.385. The largest absolute Gasteiger partial charge is 0.289 e. The summed E-state index contributed by atoms with van der Waals surface area (Å²) in [5.74, 6) is -0.943. The molecule has 0 saturated carbocycles. The highest BCUT2D eigenvalue weighted by atomic mass is 32.2. The first kappa shape index (κ1) is 15.5. The van der Waals surface area contributed by atoms with Gasteiger partial charge in [0.1, 0.15) is 0 Å². The topological polar surface area (TPSA) is 101 Å². The van der Waals surface area contributed by atoms with E-state index in [0.717, 1.165) is 17.2 Å². The van der Waals surface area contributed by atoms with Crippen molar-refractivity contribution in [3.05, 3.63) is 30.5 Å². The molecule has 0 saturated heterocycles. The van der Waals surface area contributed by atoms with Gasteiger partial charge in [-0.25, -0.2) is 13.9 Å². The number of benzene rings is 1. The molecule has 1 heterocycles. The number of rotatable bonds is 5. The minimum absolute atomic E-state index is 0.00617. The molecule has 0 radical (unpaired) electrons. The predicted molar refractivity (Wildman–Crippen MR) is 77.5 cm³/mol. The minimum atomic E-state index is -3.69. The number of hydroxylamine groups is 1. The first-order chi connectivity index (χ1) is 9.78. The predicted octanol–water partition coefficient (Wildman–Crippen LogP) is 0.735. The molecule has 8 heteroatoms. The number of aryl methyl sites for hydroxylation is 1. The van der Waals surface area contributed by atoms with Crippen LogP contribution in [0.2, 0.25) is 0 Å². The molecule has 21 heavy (non-hydrogen) atoms. The summed E-state index contributed by atoms with van der Waals surface area (Å²) in [6, 6.07) is 7.49. The van der Waals surface area contributed by atoms with E-state index >= 15 is 0 Å². The Balaban J connectivity index is 2.24. The highest BCUT2D eigenvalue weighted by Crippen LogP contribution is 2.22. The van der Waals surface area contributed by atoms with Crippen molar-refractivity contribution >= 4 is 26.6 Å². The lowest BCUT2D eigenvalue weighted by atomic mass is 10.1. The van der Waals surface area contributed by atoms with E-state index in [9.17, 15) is 13.2 Å². The fourth-order valence-corrected chi connectivity index (χ4v) is 2.89. The van der Waals surface area contributed by atoms with Crippen LogP contribution in [-0.4, -0.2) is 40.3 Å². The molecule has 7 nitrogen and oxygen atoms in total. The second kappa shape index (κ2) is 5.45. The molecule has 2 rings (SSSR count). The molecule has 1 amide bonds. The van der Waals surface area contributed by atoms with Crippen LogP contribution in [0.3, 0.4) is 0 Å². The first-order valence-corrected chi connectivity index (χ1v) is 8.23. The van der Waals surface area contributed by atoms with E-state index in [1.807, 2.05) is 24.3 Å². The van der Waals surface area contributed by atoms with Crippen LogP contribution >= 0.6 is 0 Å². The molecule has 1 unspecified atom stereocenters. The van der Waals surface area contributed by atoms with Gasteiger partial charge in [-0.1, -0.05) is 18.2 Å². The van der Waals surface area contributed by atoms with Crippen molar-refractivity contribution in [2.45, 2.75) is 24.6 Å². The normalized spacial score (nSPS) is 14.8. The van der Waals surface area contributed by atoms with Gasteiger partial charge in [-0.3, -0.25) is 14.7 Å². The zero-order valence-corrected chi connectivity index (χ0v) is 12.6. The number of hydrogen-bond donors (Lipinski definition) is 2. The van der Waals surface area contributed by atoms with Crippen molar-refractivity contribution in [3.63, 3.8) is 0 Å². The molecule has 114 valence electrons. The van der Waals surface area contributed by atoms with E-state index < -0.39 is 20.5 Å². The number of hydrogen-bond acceptors (Lipinski definition) is 5. The van der Waals surface area contributed by atoms with Crippen LogP contribution in [0, 0.1) is 0 Å². The average Bonchev–Trinajstić information content (AvgIpc) is 2.85. The van der Waals surface area contributed by atoms with E-state index in [4.69, 9.17) is 5.21 Å². The van der Waals surface area contributed by atoms with Gasteiger partial charge in [0.25, 0.3) is 5.91 Å². The first-order valence-electron chi connectivity index (χ1n) is 6.34. The van der Waals surface area contributed by atoms with Crippen LogP contribution in [-0.2, 0) is 21.2 Å². The van der Waals surface area contributed by atoms with Gasteiger partial charge in [0, 0.05) is 24.4 Å². The Morgan fingerprint density at radius 1 is 1.43 bits per heavy atom. The van der Waals surface area contributed by atoms with Gasteiger partial charge in [-0.2, -0.15) is 5.10 Å². The molecule has 1 aromatic carbocycles.